The van der Waals surface area contributed by atoms with E-state index in [1.54, 1.807) is 24.3 Å². The number of hydrogen-bond donors (Lipinski definition) is 3. The van der Waals surface area contributed by atoms with Gasteiger partial charge in [0.15, 0.2) is 11.1 Å². The molecule has 0 aliphatic heterocycles. The van der Waals surface area contributed by atoms with E-state index in [4.69, 9.17) is 9.66 Å². The fraction of sp³-hybridized carbons (Fsp3) is 0.250. The molecule has 0 spiro atoms. The molecular formula is C8H11NO3S. The summed E-state index contributed by atoms with van der Waals surface area (Å²) in [6.45, 7) is 0.466. The van der Waals surface area contributed by atoms with Crippen molar-refractivity contribution in [1.82, 2.24) is 0 Å². The van der Waals surface area contributed by atoms with Crippen LogP contribution in [0, 0.1) is 0 Å². The summed E-state index contributed by atoms with van der Waals surface area (Å²) >= 11 is -1.95. The number of aliphatic hydroxyl groups excluding tert-OH is 1. The van der Waals surface area contributed by atoms with Crippen LogP contribution in [0.5, 0.6) is 0 Å². The Balaban J connectivity index is 2.73. The zero-order valence-electron chi connectivity index (χ0n) is 6.93. The summed E-state index contributed by atoms with van der Waals surface area (Å²) in [5.41, 5.74) is 0.731. The van der Waals surface area contributed by atoms with Crippen LogP contribution in [0.15, 0.2) is 29.2 Å². The fourth-order valence-corrected chi connectivity index (χ4v) is 1.34. The lowest BCUT2D eigenvalue weighted by molar-refractivity contribution is 0.311. The van der Waals surface area contributed by atoms with Gasteiger partial charge in [0, 0.05) is 12.2 Å². The Morgan fingerprint density at radius 1 is 1.46 bits per heavy atom. The van der Waals surface area contributed by atoms with Crippen LogP contribution in [0.3, 0.4) is 0 Å². The van der Waals surface area contributed by atoms with Gasteiger partial charge in [-0.25, -0.2) is 4.21 Å². The average Bonchev–Trinajstić information content (AvgIpc) is 2.15. The van der Waals surface area contributed by atoms with Gasteiger partial charge in [-0.15, -0.1) is 0 Å². The Morgan fingerprint density at radius 2 is 2.23 bits per heavy atom. The maximum Gasteiger partial charge on any atom is 0.186 e. The van der Waals surface area contributed by atoms with E-state index in [1.165, 1.54) is 0 Å². The minimum Gasteiger partial charge on any atom is -0.395 e. The molecule has 0 radical (unpaired) electrons. The standard InChI is InChI=1S/C8H11NO3S/c10-5-4-9-7-2-1-3-8(6-7)13(11)12/h1-3,6,9-10H,4-5H2,(H,11,12). The van der Waals surface area contributed by atoms with Crippen LogP contribution in [-0.2, 0) is 11.1 Å². The normalized spacial score (nSPS) is 12.5. The van der Waals surface area contributed by atoms with Gasteiger partial charge in [-0.05, 0) is 18.2 Å². The van der Waals surface area contributed by atoms with Crippen LogP contribution >= 0.6 is 0 Å². The van der Waals surface area contributed by atoms with Gasteiger partial charge in [0.05, 0.1) is 11.5 Å². The van der Waals surface area contributed by atoms with Crippen LogP contribution < -0.4 is 5.32 Å². The van der Waals surface area contributed by atoms with Crippen molar-refractivity contribution in [2.45, 2.75) is 4.90 Å². The second kappa shape index (κ2) is 4.96. The lowest BCUT2D eigenvalue weighted by atomic mass is 10.3. The molecule has 13 heavy (non-hydrogen) atoms. The van der Waals surface area contributed by atoms with Crippen LogP contribution in [0.1, 0.15) is 0 Å². The highest BCUT2D eigenvalue weighted by Gasteiger charge is 1.99. The summed E-state index contributed by atoms with van der Waals surface area (Å²) in [7, 11) is 0. The van der Waals surface area contributed by atoms with Gasteiger partial charge < -0.3 is 15.0 Å². The van der Waals surface area contributed by atoms with Crippen molar-refractivity contribution in [3.8, 4) is 0 Å². The fourth-order valence-electron chi connectivity index (χ4n) is 0.915. The Labute approximate surface area is 78.9 Å². The van der Waals surface area contributed by atoms with Crippen molar-refractivity contribution in [3.63, 3.8) is 0 Å². The van der Waals surface area contributed by atoms with Gasteiger partial charge in [-0.1, -0.05) is 6.07 Å². The third-order valence-electron chi connectivity index (χ3n) is 1.48. The van der Waals surface area contributed by atoms with E-state index >= 15 is 0 Å². The number of hydrogen-bond acceptors (Lipinski definition) is 3. The molecule has 3 N–H and O–H groups in total. The summed E-state index contributed by atoms with van der Waals surface area (Å²) in [5.74, 6) is 0. The highest BCUT2D eigenvalue weighted by atomic mass is 32.2. The van der Waals surface area contributed by atoms with Crippen molar-refractivity contribution in [3.05, 3.63) is 24.3 Å². The van der Waals surface area contributed by atoms with Gasteiger partial charge in [-0.2, -0.15) is 0 Å². The van der Waals surface area contributed by atoms with Crippen LogP contribution in [0.4, 0.5) is 5.69 Å². The SMILES string of the molecule is O=S(O)c1cccc(NCCO)c1. The zero-order valence-corrected chi connectivity index (χ0v) is 7.75. The van der Waals surface area contributed by atoms with E-state index in [0.717, 1.165) is 5.69 Å². The second-order valence-corrected chi connectivity index (χ2v) is 3.40. The summed E-state index contributed by atoms with van der Waals surface area (Å²) in [6.07, 6.45) is 0. The maximum atomic E-state index is 10.7. The first-order chi connectivity index (χ1) is 6.24. The van der Waals surface area contributed by atoms with Crippen molar-refractivity contribution in [2.75, 3.05) is 18.5 Å². The number of rotatable bonds is 4. The first-order valence-corrected chi connectivity index (χ1v) is 4.90. The van der Waals surface area contributed by atoms with Crippen LogP contribution in [0.25, 0.3) is 0 Å². The van der Waals surface area contributed by atoms with Crippen molar-refractivity contribution in [1.29, 1.82) is 0 Å². The lowest BCUT2D eigenvalue weighted by Crippen LogP contribution is -2.05. The highest BCUT2D eigenvalue weighted by Crippen LogP contribution is 2.12. The summed E-state index contributed by atoms with van der Waals surface area (Å²) in [6, 6.07) is 6.60. The molecule has 0 aliphatic carbocycles. The van der Waals surface area contributed by atoms with Gasteiger partial charge in [0.1, 0.15) is 0 Å². The Hall–Kier alpha value is -0.910. The largest absolute Gasteiger partial charge is 0.395 e. The predicted molar refractivity (Wildman–Crippen MR) is 51.1 cm³/mol. The molecule has 0 aromatic heterocycles. The molecule has 1 aromatic rings. The van der Waals surface area contributed by atoms with Gasteiger partial charge >= 0.3 is 0 Å². The third-order valence-corrected chi connectivity index (χ3v) is 2.13. The topological polar surface area (TPSA) is 69.6 Å². The minimum absolute atomic E-state index is 0.0342. The Morgan fingerprint density at radius 3 is 2.85 bits per heavy atom. The summed E-state index contributed by atoms with van der Waals surface area (Å²) < 4.78 is 19.4. The van der Waals surface area contributed by atoms with Gasteiger partial charge in [-0.3, -0.25) is 0 Å². The van der Waals surface area contributed by atoms with Crippen molar-refractivity contribution < 1.29 is 13.9 Å². The smallest absolute Gasteiger partial charge is 0.186 e. The maximum absolute atomic E-state index is 10.7. The molecule has 0 heterocycles. The van der Waals surface area contributed by atoms with Crippen LogP contribution in [0.2, 0.25) is 0 Å². The van der Waals surface area contributed by atoms with Crippen molar-refractivity contribution in [2.24, 2.45) is 0 Å². The molecule has 4 nitrogen and oxygen atoms in total. The highest BCUT2D eigenvalue weighted by molar-refractivity contribution is 7.79. The molecule has 1 unspecified atom stereocenters. The molecule has 1 aromatic carbocycles. The van der Waals surface area contributed by atoms with Crippen molar-refractivity contribution >= 4 is 16.8 Å². The van der Waals surface area contributed by atoms with E-state index < -0.39 is 11.1 Å². The molecule has 5 heteroatoms. The van der Waals surface area contributed by atoms with Gasteiger partial charge in [0.25, 0.3) is 0 Å². The molecule has 0 aliphatic rings. The lowest BCUT2D eigenvalue weighted by Gasteiger charge is -2.04. The monoisotopic (exact) mass is 201 g/mol. The Bertz CT molecular complexity index is 303. The third kappa shape index (κ3) is 3.14. The molecule has 1 atom stereocenters. The Kier molecular flexibility index (Phi) is 3.88. The molecule has 1 rings (SSSR count). The van der Waals surface area contributed by atoms with Gasteiger partial charge in [0.2, 0.25) is 0 Å². The van der Waals surface area contributed by atoms with E-state index in [1.807, 2.05) is 0 Å². The number of benzene rings is 1. The quantitative estimate of drug-likeness (QED) is 0.626. The molecule has 72 valence electrons. The summed E-state index contributed by atoms with van der Waals surface area (Å²) in [4.78, 5) is 0.350. The molecule has 0 amide bonds. The second-order valence-electron chi connectivity index (χ2n) is 2.43. The summed E-state index contributed by atoms with van der Waals surface area (Å²) in [5, 5.41) is 11.4. The molecule has 0 saturated carbocycles. The minimum atomic E-state index is -1.95. The number of anilines is 1. The first kappa shape index (κ1) is 10.2. The molecule has 0 fully saturated rings. The predicted octanol–water partition coefficient (Wildman–Crippen LogP) is 0.671. The molecular weight excluding hydrogens is 190 g/mol. The number of nitrogens with one attached hydrogen (secondary N) is 1. The van der Waals surface area contributed by atoms with E-state index in [9.17, 15) is 4.21 Å². The van der Waals surface area contributed by atoms with Crippen LogP contribution in [-0.4, -0.2) is 27.0 Å². The first-order valence-electron chi connectivity index (χ1n) is 3.79. The van der Waals surface area contributed by atoms with E-state index in [-0.39, 0.29) is 6.61 Å². The zero-order chi connectivity index (χ0) is 9.68. The van der Waals surface area contributed by atoms with E-state index in [2.05, 4.69) is 5.32 Å². The van der Waals surface area contributed by atoms with E-state index in [0.29, 0.717) is 11.4 Å². The molecule has 0 saturated heterocycles. The average molecular weight is 201 g/mol. The number of aliphatic hydroxyl groups is 1. The molecule has 0 bridgehead atoms.